The van der Waals surface area contributed by atoms with Crippen LogP contribution in [0.3, 0.4) is 0 Å². The smallest absolute Gasteiger partial charge is 0.0801 e. The summed E-state index contributed by atoms with van der Waals surface area (Å²) in [5.41, 5.74) is 1.15. The molecule has 1 heterocycles. The first-order chi connectivity index (χ1) is 7.25. The number of hydrogen-bond acceptors (Lipinski definition) is 2. The highest BCUT2D eigenvalue weighted by atomic mass is 35.5. The second-order valence-corrected chi connectivity index (χ2v) is 4.38. The molecule has 2 nitrogen and oxygen atoms in total. The zero-order chi connectivity index (χ0) is 10.7. The van der Waals surface area contributed by atoms with Crippen LogP contribution in [0.1, 0.15) is 25.0 Å². The summed E-state index contributed by atoms with van der Waals surface area (Å²) in [6.07, 6.45) is 1.57. The van der Waals surface area contributed by atoms with Gasteiger partial charge in [-0.25, -0.2) is 0 Å². The van der Waals surface area contributed by atoms with E-state index in [1.54, 1.807) is 0 Å². The minimum absolute atomic E-state index is 0.119. The summed E-state index contributed by atoms with van der Waals surface area (Å²) in [6.45, 7) is 4.10. The molecule has 1 aliphatic heterocycles. The molecule has 1 aromatic rings. The number of halogens is 1. The van der Waals surface area contributed by atoms with Gasteiger partial charge in [-0.05, 0) is 37.6 Å². The minimum Gasteiger partial charge on any atom is -0.369 e. The summed E-state index contributed by atoms with van der Waals surface area (Å²) < 4.78 is 5.93. The quantitative estimate of drug-likeness (QED) is 0.854. The molecule has 15 heavy (non-hydrogen) atoms. The topological polar surface area (TPSA) is 21.3 Å². The van der Waals surface area contributed by atoms with E-state index in [2.05, 4.69) is 18.3 Å². The third kappa shape index (κ3) is 2.94. The van der Waals surface area contributed by atoms with Crippen molar-refractivity contribution in [1.82, 2.24) is 5.32 Å². The molecule has 1 fully saturated rings. The Balaban J connectivity index is 1.97. The van der Waals surface area contributed by atoms with Gasteiger partial charge >= 0.3 is 0 Å². The molecule has 1 N–H and O–H groups in total. The lowest BCUT2D eigenvalue weighted by molar-refractivity contribution is 0.00829. The van der Waals surface area contributed by atoms with E-state index in [4.69, 9.17) is 16.3 Å². The van der Waals surface area contributed by atoms with Crippen molar-refractivity contribution in [3.05, 3.63) is 34.9 Å². The molecule has 82 valence electrons. The van der Waals surface area contributed by atoms with Gasteiger partial charge in [-0.2, -0.15) is 0 Å². The van der Waals surface area contributed by atoms with E-state index in [1.807, 2.05) is 18.2 Å². The zero-order valence-electron chi connectivity index (χ0n) is 8.87. The van der Waals surface area contributed by atoms with Gasteiger partial charge in [0.15, 0.2) is 0 Å². The van der Waals surface area contributed by atoms with Crippen LogP contribution in [0, 0.1) is 0 Å². The van der Waals surface area contributed by atoms with Crippen molar-refractivity contribution < 1.29 is 4.74 Å². The molecule has 0 unspecified atom stereocenters. The largest absolute Gasteiger partial charge is 0.369 e. The maximum Gasteiger partial charge on any atom is 0.0801 e. The van der Waals surface area contributed by atoms with E-state index < -0.39 is 0 Å². The second-order valence-electron chi connectivity index (χ2n) is 3.95. The first-order valence-corrected chi connectivity index (χ1v) is 5.75. The van der Waals surface area contributed by atoms with Gasteiger partial charge in [0.25, 0.3) is 0 Å². The van der Waals surface area contributed by atoms with Crippen molar-refractivity contribution in [2.45, 2.75) is 25.6 Å². The number of ether oxygens (including phenoxy) is 1. The summed E-state index contributed by atoms with van der Waals surface area (Å²) in [4.78, 5) is 0. The molecule has 3 heteroatoms. The zero-order valence-corrected chi connectivity index (χ0v) is 9.63. The molecule has 2 rings (SSSR count). The van der Waals surface area contributed by atoms with Crippen LogP contribution in [0.4, 0.5) is 0 Å². The van der Waals surface area contributed by atoms with E-state index in [-0.39, 0.29) is 6.10 Å². The van der Waals surface area contributed by atoms with Crippen molar-refractivity contribution in [2.24, 2.45) is 0 Å². The summed E-state index contributed by atoms with van der Waals surface area (Å²) in [5, 5.41) is 4.06. The molecular weight excluding hydrogens is 210 g/mol. The monoisotopic (exact) mass is 225 g/mol. The van der Waals surface area contributed by atoms with Gasteiger partial charge in [0.05, 0.1) is 12.2 Å². The Kier molecular flexibility index (Phi) is 3.62. The standard InChI is InChI=1S/C12H16ClNO/c1-9(15-12-5-6-14-8-12)10-3-2-4-11(13)7-10/h2-4,7,9,12,14H,5-6,8H2,1H3/t9-,12+/m1/s1. The van der Waals surface area contributed by atoms with Crippen molar-refractivity contribution in [1.29, 1.82) is 0 Å². The van der Waals surface area contributed by atoms with E-state index in [1.165, 1.54) is 0 Å². The van der Waals surface area contributed by atoms with Crippen LogP contribution in [0.5, 0.6) is 0 Å². The highest BCUT2D eigenvalue weighted by Crippen LogP contribution is 2.22. The van der Waals surface area contributed by atoms with Crippen LogP contribution in [-0.2, 0) is 4.74 Å². The maximum atomic E-state index is 5.94. The first kappa shape index (κ1) is 10.9. The van der Waals surface area contributed by atoms with E-state index in [0.717, 1.165) is 30.1 Å². The summed E-state index contributed by atoms with van der Waals surface area (Å²) in [7, 11) is 0. The molecule has 2 atom stereocenters. The molecule has 0 bridgehead atoms. The highest BCUT2D eigenvalue weighted by Gasteiger charge is 2.18. The molecule has 1 aliphatic rings. The third-order valence-electron chi connectivity index (χ3n) is 2.73. The van der Waals surface area contributed by atoms with Gasteiger partial charge in [0, 0.05) is 11.6 Å². The van der Waals surface area contributed by atoms with Crippen LogP contribution in [0.15, 0.2) is 24.3 Å². The van der Waals surface area contributed by atoms with Crippen LogP contribution in [0.25, 0.3) is 0 Å². The second kappa shape index (κ2) is 4.97. The molecule has 0 aromatic heterocycles. The lowest BCUT2D eigenvalue weighted by Gasteiger charge is -2.18. The normalized spacial score (nSPS) is 22.9. The fourth-order valence-electron chi connectivity index (χ4n) is 1.87. The highest BCUT2D eigenvalue weighted by molar-refractivity contribution is 6.30. The van der Waals surface area contributed by atoms with Gasteiger partial charge < -0.3 is 10.1 Å². The first-order valence-electron chi connectivity index (χ1n) is 5.37. The predicted molar refractivity (Wildman–Crippen MR) is 62.2 cm³/mol. The molecular formula is C12H16ClNO. The van der Waals surface area contributed by atoms with Gasteiger partial charge in [0.1, 0.15) is 0 Å². The lowest BCUT2D eigenvalue weighted by Crippen LogP contribution is -2.18. The van der Waals surface area contributed by atoms with Crippen molar-refractivity contribution in [2.75, 3.05) is 13.1 Å². The van der Waals surface area contributed by atoms with Gasteiger partial charge in [-0.15, -0.1) is 0 Å². The van der Waals surface area contributed by atoms with Gasteiger partial charge in [-0.1, -0.05) is 23.7 Å². The van der Waals surface area contributed by atoms with E-state index >= 15 is 0 Å². The molecule has 0 aliphatic carbocycles. The number of benzene rings is 1. The van der Waals surface area contributed by atoms with E-state index in [9.17, 15) is 0 Å². The fourth-order valence-corrected chi connectivity index (χ4v) is 2.07. The molecule has 1 aromatic carbocycles. The Hall–Kier alpha value is -0.570. The van der Waals surface area contributed by atoms with Crippen LogP contribution >= 0.6 is 11.6 Å². The Morgan fingerprint density at radius 3 is 3.07 bits per heavy atom. The van der Waals surface area contributed by atoms with Crippen molar-refractivity contribution in [3.63, 3.8) is 0 Å². The van der Waals surface area contributed by atoms with Crippen LogP contribution in [-0.4, -0.2) is 19.2 Å². The average molecular weight is 226 g/mol. The summed E-state index contributed by atoms with van der Waals surface area (Å²) in [5.74, 6) is 0. The number of nitrogens with one attached hydrogen (secondary N) is 1. The average Bonchev–Trinajstić information content (AvgIpc) is 2.70. The molecule has 1 saturated heterocycles. The molecule has 0 spiro atoms. The lowest BCUT2D eigenvalue weighted by atomic mass is 10.1. The molecule has 0 saturated carbocycles. The Bertz CT molecular complexity index is 323. The van der Waals surface area contributed by atoms with E-state index in [0.29, 0.717) is 6.10 Å². The van der Waals surface area contributed by atoms with Crippen molar-refractivity contribution in [3.8, 4) is 0 Å². The number of rotatable bonds is 3. The van der Waals surface area contributed by atoms with Gasteiger partial charge in [-0.3, -0.25) is 0 Å². The predicted octanol–water partition coefficient (Wildman–Crippen LogP) is 2.78. The maximum absolute atomic E-state index is 5.94. The summed E-state index contributed by atoms with van der Waals surface area (Å²) in [6, 6.07) is 7.87. The SMILES string of the molecule is C[C@@H](O[C@H]1CCNC1)c1cccc(Cl)c1. The fraction of sp³-hybridized carbons (Fsp3) is 0.500. The van der Waals surface area contributed by atoms with Crippen molar-refractivity contribution >= 4 is 11.6 Å². The minimum atomic E-state index is 0.119. The molecule has 0 amide bonds. The van der Waals surface area contributed by atoms with Crippen LogP contribution < -0.4 is 5.32 Å². The number of hydrogen-bond donors (Lipinski definition) is 1. The molecule has 0 radical (unpaired) electrons. The Morgan fingerprint density at radius 1 is 1.53 bits per heavy atom. The Morgan fingerprint density at radius 2 is 2.40 bits per heavy atom. The van der Waals surface area contributed by atoms with Gasteiger partial charge in [0.2, 0.25) is 0 Å². The summed E-state index contributed by atoms with van der Waals surface area (Å²) >= 11 is 5.94. The Labute approximate surface area is 95.6 Å². The third-order valence-corrected chi connectivity index (χ3v) is 2.96. The van der Waals surface area contributed by atoms with Crippen LogP contribution in [0.2, 0.25) is 5.02 Å².